The molecule has 1 aromatic rings. The molecular weight excluding hydrogens is 113 g/mol. The maximum Gasteiger partial charge on any atom is 0.0505 e. The van der Waals surface area contributed by atoms with Gasteiger partial charge in [0.1, 0.15) is 0 Å². The third kappa shape index (κ3) is 1.11. The van der Waals surface area contributed by atoms with Gasteiger partial charge >= 0.3 is 0 Å². The van der Waals surface area contributed by atoms with Crippen molar-refractivity contribution in [2.24, 2.45) is 0 Å². The summed E-state index contributed by atoms with van der Waals surface area (Å²) in [6, 6.07) is 0. The highest BCUT2D eigenvalue weighted by Crippen LogP contribution is 1.90. The Labute approximate surface area is 54.2 Å². The standard InChI is InChI=1S/C5H5BN3/c1-5-2-8-4-9(5)6-3-7/h2,4H,1H3/q-1. The molecule has 0 saturated heterocycles. The van der Waals surface area contributed by atoms with E-state index in [1.165, 1.54) is 7.41 Å². The second-order valence-corrected chi connectivity index (χ2v) is 1.70. The third-order valence-electron chi connectivity index (χ3n) is 1.06. The molecule has 0 unspecified atom stereocenters. The first-order chi connectivity index (χ1) is 4.34. The maximum absolute atomic E-state index is 8.21. The van der Waals surface area contributed by atoms with Crippen molar-refractivity contribution in [3.05, 3.63) is 18.2 Å². The van der Waals surface area contributed by atoms with E-state index in [0.29, 0.717) is 0 Å². The van der Waals surface area contributed by atoms with E-state index in [-0.39, 0.29) is 0 Å². The maximum atomic E-state index is 8.21. The summed E-state index contributed by atoms with van der Waals surface area (Å²) in [6.07, 6.45) is 3.30. The average Bonchev–Trinajstić information content (AvgIpc) is 2.18. The van der Waals surface area contributed by atoms with Crippen LogP contribution < -0.4 is 0 Å². The van der Waals surface area contributed by atoms with E-state index in [1.807, 2.05) is 12.9 Å². The van der Waals surface area contributed by atoms with E-state index in [0.717, 1.165) is 5.69 Å². The van der Waals surface area contributed by atoms with Gasteiger partial charge in [0.15, 0.2) is 0 Å². The highest BCUT2D eigenvalue weighted by atomic mass is 15.0. The lowest BCUT2D eigenvalue weighted by atomic mass is 9.98. The minimum Gasteiger partial charge on any atom is -0.560 e. The van der Waals surface area contributed by atoms with Gasteiger partial charge in [0.25, 0.3) is 0 Å². The van der Waals surface area contributed by atoms with Crippen LogP contribution in [0.3, 0.4) is 0 Å². The quantitative estimate of drug-likeness (QED) is 0.492. The van der Waals surface area contributed by atoms with E-state index >= 15 is 0 Å². The summed E-state index contributed by atoms with van der Waals surface area (Å²) in [5.41, 5.74) is 0.969. The van der Waals surface area contributed by atoms with E-state index < -0.39 is 0 Å². The Balaban J connectivity index is 2.84. The molecule has 0 aromatic carbocycles. The Kier molecular flexibility index (Phi) is 1.54. The van der Waals surface area contributed by atoms with Crippen LogP contribution in [0.1, 0.15) is 5.69 Å². The van der Waals surface area contributed by atoms with Crippen LogP contribution >= 0.6 is 0 Å². The Bertz CT molecular complexity index is 235. The van der Waals surface area contributed by atoms with Crippen LogP contribution in [0.2, 0.25) is 0 Å². The second-order valence-electron chi connectivity index (χ2n) is 1.70. The molecule has 0 fully saturated rings. The number of imidazole rings is 1. The molecule has 1 rings (SSSR count). The fourth-order valence-electron chi connectivity index (χ4n) is 0.568. The van der Waals surface area contributed by atoms with Gasteiger partial charge in [0, 0.05) is 6.20 Å². The molecule has 0 saturated carbocycles. The molecule has 0 amide bonds. The third-order valence-corrected chi connectivity index (χ3v) is 1.06. The SMILES string of the molecule is Cc1cncn1[B-]C#N. The van der Waals surface area contributed by atoms with Gasteiger partial charge in [-0.05, 0) is 12.6 Å². The van der Waals surface area contributed by atoms with Crippen LogP contribution in [0.15, 0.2) is 12.5 Å². The number of nitrogens with zero attached hydrogens (tertiary/aromatic N) is 3. The topological polar surface area (TPSA) is 41.6 Å². The number of aromatic nitrogens is 2. The van der Waals surface area contributed by atoms with Gasteiger partial charge in [-0.15, -0.1) is 0 Å². The van der Waals surface area contributed by atoms with Crippen LogP contribution in [-0.2, 0) is 0 Å². The van der Waals surface area contributed by atoms with Gasteiger partial charge in [-0.2, -0.15) is 0 Å². The molecule has 9 heavy (non-hydrogen) atoms. The molecule has 0 aliphatic rings. The van der Waals surface area contributed by atoms with Gasteiger partial charge in [0.2, 0.25) is 0 Å². The number of hydrogen-bond donors (Lipinski definition) is 0. The lowest BCUT2D eigenvalue weighted by Crippen LogP contribution is -2.03. The highest BCUT2D eigenvalue weighted by molar-refractivity contribution is 6.43. The Hall–Kier alpha value is -1.24. The molecule has 1 aromatic heterocycles. The number of nitriles is 1. The van der Waals surface area contributed by atoms with Gasteiger partial charge in [0.05, 0.1) is 6.33 Å². The molecule has 0 aliphatic heterocycles. The van der Waals surface area contributed by atoms with Crippen molar-refractivity contribution in [1.82, 2.24) is 9.46 Å². The summed E-state index contributed by atoms with van der Waals surface area (Å²) in [5, 5.41) is 8.21. The summed E-state index contributed by atoms with van der Waals surface area (Å²) in [7, 11) is 1.41. The van der Waals surface area contributed by atoms with Crippen LogP contribution in [-0.4, -0.2) is 16.9 Å². The molecule has 0 spiro atoms. The van der Waals surface area contributed by atoms with Gasteiger partial charge in [-0.25, -0.2) is 11.0 Å². The van der Waals surface area contributed by atoms with Crippen LogP contribution in [0, 0.1) is 18.2 Å². The van der Waals surface area contributed by atoms with Crippen LogP contribution in [0.25, 0.3) is 0 Å². The summed E-state index contributed by atoms with van der Waals surface area (Å²) < 4.78 is 1.67. The summed E-state index contributed by atoms with van der Waals surface area (Å²) in [6.45, 7) is 1.89. The van der Waals surface area contributed by atoms with Gasteiger partial charge < -0.3 is 4.48 Å². The molecule has 44 valence electrons. The predicted octanol–water partition coefficient (Wildman–Crippen LogP) is 0.140. The number of aryl methyl sites for hydroxylation is 1. The summed E-state index contributed by atoms with van der Waals surface area (Å²) >= 11 is 0. The van der Waals surface area contributed by atoms with Crippen molar-refractivity contribution in [2.75, 3.05) is 0 Å². The normalized spacial score (nSPS) is 8.89. The number of hydrogen-bond acceptors (Lipinski definition) is 2. The molecule has 0 atom stereocenters. The summed E-state index contributed by atoms with van der Waals surface area (Å²) in [5.74, 6) is 1.91. The average molecular weight is 118 g/mol. The van der Waals surface area contributed by atoms with E-state index in [1.54, 1.807) is 17.0 Å². The zero-order chi connectivity index (χ0) is 6.69. The molecule has 2 radical (unpaired) electrons. The monoisotopic (exact) mass is 118 g/mol. The minimum atomic E-state index is 0.969. The lowest BCUT2D eigenvalue weighted by Gasteiger charge is -2.09. The zero-order valence-corrected chi connectivity index (χ0v) is 5.07. The molecule has 4 heteroatoms. The van der Waals surface area contributed by atoms with E-state index in [4.69, 9.17) is 5.26 Å². The molecule has 0 bridgehead atoms. The van der Waals surface area contributed by atoms with Crippen molar-refractivity contribution in [1.29, 1.82) is 5.26 Å². The largest absolute Gasteiger partial charge is 0.560 e. The predicted molar refractivity (Wildman–Crippen MR) is 33.7 cm³/mol. The number of rotatable bonds is 1. The van der Waals surface area contributed by atoms with Gasteiger partial charge in [-0.1, -0.05) is 7.41 Å². The highest BCUT2D eigenvalue weighted by Gasteiger charge is 1.81. The van der Waals surface area contributed by atoms with Crippen molar-refractivity contribution < 1.29 is 0 Å². The van der Waals surface area contributed by atoms with E-state index in [9.17, 15) is 0 Å². The molecular formula is C5H5BN3-. The fraction of sp³-hybridized carbons (Fsp3) is 0.200. The first-order valence-electron chi connectivity index (χ1n) is 2.56. The molecule has 3 nitrogen and oxygen atoms in total. The van der Waals surface area contributed by atoms with E-state index in [2.05, 4.69) is 4.98 Å². The Morgan fingerprint density at radius 2 is 2.67 bits per heavy atom. The van der Waals surface area contributed by atoms with Crippen molar-refractivity contribution in [3.63, 3.8) is 0 Å². The Morgan fingerprint density at radius 3 is 3.11 bits per heavy atom. The second kappa shape index (κ2) is 2.36. The lowest BCUT2D eigenvalue weighted by molar-refractivity contribution is 1.13. The first-order valence-corrected chi connectivity index (χ1v) is 2.56. The Morgan fingerprint density at radius 1 is 1.89 bits per heavy atom. The van der Waals surface area contributed by atoms with Crippen LogP contribution in [0.5, 0.6) is 0 Å². The zero-order valence-electron chi connectivity index (χ0n) is 5.07. The van der Waals surface area contributed by atoms with Crippen LogP contribution in [0.4, 0.5) is 0 Å². The molecule has 0 N–H and O–H groups in total. The summed E-state index contributed by atoms with van der Waals surface area (Å²) in [4.78, 5) is 3.82. The van der Waals surface area contributed by atoms with Gasteiger partial charge in [-0.3, -0.25) is 5.26 Å². The first kappa shape index (κ1) is 5.89. The fourth-order valence-corrected chi connectivity index (χ4v) is 0.568. The molecule has 0 aliphatic carbocycles. The van der Waals surface area contributed by atoms with Crippen molar-refractivity contribution in [2.45, 2.75) is 6.92 Å². The van der Waals surface area contributed by atoms with Crippen molar-refractivity contribution >= 4 is 7.41 Å². The van der Waals surface area contributed by atoms with Crippen molar-refractivity contribution in [3.8, 4) is 5.97 Å². The smallest absolute Gasteiger partial charge is 0.0505 e. The minimum absolute atomic E-state index is 0.969. The molecule has 1 heterocycles.